The first-order valence-corrected chi connectivity index (χ1v) is 17.3. The standard InChI is InChI=1S/C42H33N3O6S/c46-30-16-19-33-37(23-30)51-38-24-31(47)17-20-34(38)40(33)32-18-15-29(22-35(32)41(49)50)44-42(52)43-21-7-1-2-12-39(48)45-25-28-10-4-3-8-26(28)13-14-27-9-5-6-11-36(27)45/h3-6,8-11,15-20,22-24,46H,1-2,7,12,21,25H2,(H,49,50)(H2,43,44,52). The maximum absolute atomic E-state index is 13.5. The number of thiocarbonyl (C=S) groups is 1. The normalized spacial score (nSPS) is 11.8. The van der Waals surface area contributed by atoms with Gasteiger partial charge in [-0.25, -0.2) is 4.79 Å². The highest BCUT2D eigenvalue weighted by molar-refractivity contribution is 7.80. The molecule has 4 aromatic rings. The molecule has 4 N–H and O–H groups in total. The van der Waals surface area contributed by atoms with Crippen molar-refractivity contribution in [2.75, 3.05) is 16.8 Å². The van der Waals surface area contributed by atoms with Gasteiger partial charge in [0.1, 0.15) is 17.1 Å². The molecule has 52 heavy (non-hydrogen) atoms. The summed E-state index contributed by atoms with van der Waals surface area (Å²) in [6.07, 6.45) is 2.69. The molecule has 0 spiro atoms. The average Bonchev–Trinajstić information content (AvgIpc) is 3.13. The van der Waals surface area contributed by atoms with Crippen LogP contribution in [0, 0.1) is 11.8 Å². The largest absolute Gasteiger partial charge is 0.508 e. The molecular weight excluding hydrogens is 675 g/mol. The lowest BCUT2D eigenvalue weighted by Gasteiger charge is -2.26. The Morgan fingerprint density at radius 1 is 0.846 bits per heavy atom. The second kappa shape index (κ2) is 14.8. The fraction of sp³-hybridized carbons (Fsp3) is 0.143. The number of hydrogen-bond donors (Lipinski definition) is 4. The van der Waals surface area contributed by atoms with Gasteiger partial charge in [0.2, 0.25) is 5.91 Å². The van der Waals surface area contributed by atoms with Gasteiger partial charge >= 0.3 is 5.97 Å². The van der Waals surface area contributed by atoms with Crippen LogP contribution in [0.15, 0.2) is 112 Å². The van der Waals surface area contributed by atoms with E-state index in [1.165, 1.54) is 30.3 Å². The number of carbonyl (C=O) groups excluding carboxylic acids is 1. The number of hydrogen-bond acceptors (Lipinski definition) is 6. The van der Waals surface area contributed by atoms with Gasteiger partial charge in [0.25, 0.3) is 0 Å². The fourth-order valence-electron chi connectivity index (χ4n) is 6.46. The van der Waals surface area contributed by atoms with E-state index in [2.05, 4.69) is 22.5 Å². The number of fused-ring (bicyclic) bond motifs is 4. The van der Waals surface area contributed by atoms with E-state index in [9.17, 15) is 24.6 Å². The number of aromatic carboxylic acids is 1. The smallest absolute Gasteiger partial charge is 0.336 e. The zero-order valence-corrected chi connectivity index (χ0v) is 28.8. The molecular formula is C42H33N3O6S. The number of carboxylic acids is 1. The van der Waals surface area contributed by atoms with E-state index < -0.39 is 5.97 Å². The molecule has 0 bridgehead atoms. The zero-order valence-electron chi connectivity index (χ0n) is 27.9. The monoisotopic (exact) mass is 707 g/mol. The van der Waals surface area contributed by atoms with Crippen LogP contribution in [0.4, 0.5) is 11.4 Å². The van der Waals surface area contributed by atoms with Crippen molar-refractivity contribution >= 4 is 51.6 Å². The molecule has 1 amide bonds. The predicted molar refractivity (Wildman–Crippen MR) is 206 cm³/mol. The lowest BCUT2D eigenvalue weighted by molar-refractivity contribution is -0.118. The summed E-state index contributed by atoms with van der Waals surface area (Å²) in [7, 11) is 0. The number of benzene rings is 5. The Balaban J connectivity index is 0.974. The highest BCUT2D eigenvalue weighted by Crippen LogP contribution is 2.42. The van der Waals surface area contributed by atoms with E-state index in [1.807, 2.05) is 53.4 Å². The molecule has 0 aromatic heterocycles. The lowest BCUT2D eigenvalue weighted by atomic mass is 9.90. The number of para-hydroxylation sites is 1. The van der Waals surface area contributed by atoms with Crippen LogP contribution in [0.2, 0.25) is 0 Å². The Labute approximate surface area is 304 Å². The second-order valence-electron chi connectivity index (χ2n) is 12.5. The molecule has 0 saturated carbocycles. The van der Waals surface area contributed by atoms with Crippen LogP contribution < -0.4 is 21.0 Å². The number of nitrogens with zero attached hydrogens (tertiary/aromatic N) is 1. The van der Waals surface area contributed by atoms with Crippen molar-refractivity contribution in [1.82, 2.24) is 5.32 Å². The summed E-state index contributed by atoms with van der Waals surface area (Å²) < 4.78 is 5.91. The van der Waals surface area contributed by atoms with Gasteiger partial charge in [-0.2, -0.15) is 0 Å². The van der Waals surface area contributed by atoms with Gasteiger partial charge in [0.05, 0.1) is 17.8 Å². The van der Waals surface area contributed by atoms with Crippen LogP contribution in [0.1, 0.15) is 52.7 Å². The van der Waals surface area contributed by atoms with Crippen molar-refractivity contribution in [1.29, 1.82) is 0 Å². The first-order valence-electron chi connectivity index (χ1n) is 16.9. The van der Waals surface area contributed by atoms with E-state index in [-0.39, 0.29) is 28.4 Å². The van der Waals surface area contributed by atoms with Crippen molar-refractivity contribution in [2.24, 2.45) is 0 Å². The third kappa shape index (κ3) is 7.22. The van der Waals surface area contributed by atoms with Crippen molar-refractivity contribution in [2.45, 2.75) is 32.2 Å². The first kappa shape index (κ1) is 34.0. The summed E-state index contributed by atoms with van der Waals surface area (Å²) in [5.41, 5.74) is 5.70. The highest BCUT2D eigenvalue weighted by atomic mass is 32.1. The number of unbranched alkanes of at least 4 members (excludes halogenated alkanes) is 2. The third-order valence-electron chi connectivity index (χ3n) is 8.98. The van der Waals surface area contributed by atoms with E-state index in [0.717, 1.165) is 35.2 Å². The molecule has 0 atom stereocenters. The number of phenolic OH excluding ortho intramolecular Hbond substituents is 1. The molecule has 0 unspecified atom stereocenters. The molecule has 3 aliphatic rings. The molecule has 0 fully saturated rings. The van der Waals surface area contributed by atoms with E-state index in [4.69, 9.17) is 16.6 Å². The van der Waals surface area contributed by atoms with Crippen LogP contribution in [0.5, 0.6) is 5.75 Å². The van der Waals surface area contributed by atoms with Crippen LogP contribution in [0.3, 0.4) is 0 Å². The number of phenols is 1. The van der Waals surface area contributed by atoms with Crippen molar-refractivity contribution in [3.63, 3.8) is 0 Å². The SMILES string of the molecule is O=C(O)c1cc(NC(=S)NCCCCCC(=O)N2Cc3ccccc3C#Cc3ccccc32)ccc1-c1c2ccc(=O)cc-2oc2cc(O)ccc12. The van der Waals surface area contributed by atoms with E-state index >= 15 is 0 Å². The maximum atomic E-state index is 13.5. The minimum absolute atomic E-state index is 0.0173. The summed E-state index contributed by atoms with van der Waals surface area (Å²) in [4.78, 5) is 40.0. The molecule has 258 valence electrons. The molecule has 1 aliphatic carbocycles. The number of amides is 1. The van der Waals surface area contributed by atoms with Crippen LogP contribution >= 0.6 is 12.2 Å². The molecule has 4 aromatic carbocycles. The third-order valence-corrected chi connectivity index (χ3v) is 9.23. The number of carbonyl (C=O) groups is 2. The van der Waals surface area contributed by atoms with Gasteiger partial charge in [-0.15, -0.1) is 0 Å². The Morgan fingerprint density at radius 2 is 1.62 bits per heavy atom. The van der Waals surface area contributed by atoms with Crippen LogP contribution in [0.25, 0.3) is 33.4 Å². The van der Waals surface area contributed by atoms with Gasteiger partial charge in [0.15, 0.2) is 10.5 Å². The quantitative estimate of drug-likeness (QED) is 0.0515. The molecule has 10 heteroatoms. The van der Waals surface area contributed by atoms with E-state index in [1.54, 1.807) is 24.3 Å². The number of nitrogens with one attached hydrogen (secondary N) is 2. The van der Waals surface area contributed by atoms with Gasteiger partial charge in [-0.3, -0.25) is 9.59 Å². The summed E-state index contributed by atoms with van der Waals surface area (Å²) in [6.45, 7) is 1.04. The molecule has 7 rings (SSSR count). The lowest BCUT2D eigenvalue weighted by Crippen LogP contribution is -2.31. The minimum atomic E-state index is -1.15. The number of rotatable bonds is 9. The van der Waals surface area contributed by atoms with Crippen molar-refractivity contribution < 1.29 is 24.2 Å². The Morgan fingerprint density at radius 3 is 2.46 bits per heavy atom. The second-order valence-corrected chi connectivity index (χ2v) is 12.9. The minimum Gasteiger partial charge on any atom is -0.508 e. The van der Waals surface area contributed by atoms with Crippen LogP contribution in [-0.4, -0.2) is 33.7 Å². The molecule has 0 saturated heterocycles. The van der Waals surface area contributed by atoms with Crippen LogP contribution in [-0.2, 0) is 11.3 Å². The summed E-state index contributed by atoms with van der Waals surface area (Å²) in [5.74, 6) is 5.63. The van der Waals surface area contributed by atoms with Gasteiger partial charge in [-0.1, -0.05) is 54.7 Å². The van der Waals surface area contributed by atoms with E-state index in [0.29, 0.717) is 64.4 Å². The maximum Gasteiger partial charge on any atom is 0.336 e. The Hall–Kier alpha value is -6.44. The Bertz CT molecular complexity index is 2460. The number of aromatic hydroxyl groups is 1. The highest BCUT2D eigenvalue weighted by Gasteiger charge is 2.23. The summed E-state index contributed by atoms with van der Waals surface area (Å²) >= 11 is 5.51. The average molecular weight is 708 g/mol. The number of anilines is 2. The fourth-order valence-corrected chi connectivity index (χ4v) is 6.68. The zero-order chi connectivity index (χ0) is 36.2. The van der Waals surface area contributed by atoms with Gasteiger partial charge in [-0.05, 0) is 90.8 Å². The van der Waals surface area contributed by atoms with Gasteiger partial charge < -0.3 is 30.2 Å². The molecule has 2 heterocycles. The number of carboxylic acid groups (broad SMARTS) is 1. The van der Waals surface area contributed by atoms with Crippen molar-refractivity contribution in [3.8, 4) is 40.0 Å². The molecule has 2 aliphatic heterocycles. The predicted octanol–water partition coefficient (Wildman–Crippen LogP) is 7.76. The Kier molecular flexibility index (Phi) is 9.69. The molecule has 0 radical (unpaired) electrons. The molecule has 9 nitrogen and oxygen atoms in total. The summed E-state index contributed by atoms with van der Waals surface area (Å²) in [5, 5.41) is 27.5. The topological polar surface area (TPSA) is 132 Å². The van der Waals surface area contributed by atoms with Crippen molar-refractivity contribution in [3.05, 3.63) is 136 Å². The van der Waals surface area contributed by atoms with Gasteiger partial charge in [0, 0.05) is 58.4 Å². The summed E-state index contributed by atoms with van der Waals surface area (Å²) in [6, 6.07) is 29.5. The first-order chi connectivity index (χ1) is 25.2.